The Bertz CT molecular complexity index is 421. The van der Waals surface area contributed by atoms with Gasteiger partial charge in [0, 0.05) is 19.4 Å². The second-order valence-electron chi connectivity index (χ2n) is 5.21. The van der Waals surface area contributed by atoms with Crippen molar-refractivity contribution in [1.82, 2.24) is 14.1 Å². The van der Waals surface area contributed by atoms with Crippen molar-refractivity contribution >= 4 is 11.7 Å². The number of nitrogens with one attached hydrogen (secondary N) is 1. The molecular weight excluding hydrogens is 269 g/mol. The van der Waals surface area contributed by atoms with E-state index in [0.717, 1.165) is 37.0 Å². The van der Waals surface area contributed by atoms with Gasteiger partial charge in [-0.2, -0.15) is 0 Å². The molecule has 1 saturated carbocycles. The lowest BCUT2D eigenvalue weighted by atomic mass is 10.1. The lowest BCUT2D eigenvalue weighted by Crippen LogP contribution is -2.45. The van der Waals surface area contributed by atoms with E-state index < -0.39 is 0 Å². The molecule has 2 unspecified atom stereocenters. The first-order valence-corrected chi connectivity index (χ1v) is 7.50. The molecule has 2 atom stereocenters. The first-order valence-electron chi connectivity index (χ1n) is 6.77. The van der Waals surface area contributed by atoms with Crippen molar-refractivity contribution in [1.29, 1.82) is 0 Å². The smallest absolute Gasteiger partial charge is 0.292 e. The van der Waals surface area contributed by atoms with Gasteiger partial charge < -0.3 is 9.47 Å². The zero-order valence-corrected chi connectivity index (χ0v) is 11.5. The molecule has 7 heteroatoms. The lowest BCUT2D eigenvalue weighted by Gasteiger charge is -2.27. The van der Waals surface area contributed by atoms with Gasteiger partial charge in [-0.3, -0.25) is 9.71 Å². The van der Waals surface area contributed by atoms with Crippen molar-refractivity contribution in [2.75, 3.05) is 19.8 Å². The number of unbranched alkanes of at least 4 members (excludes halogenated alkanes) is 1. The summed E-state index contributed by atoms with van der Waals surface area (Å²) in [6.07, 6.45) is 4.44. The summed E-state index contributed by atoms with van der Waals surface area (Å²) in [4.78, 5) is 0. The average Bonchev–Trinajstić information content (AvgIpc) is 3.11. The van der Waals surface area contributed by atoms with E-state index in [9.17, 15) is 4.39 Å². The van der Waals surface area contributed by atoms with Crippen LogP contribution >= 0.6 is 11.7 Å². The largest absolute Gasteiger partial charge is 0.473 e. The summed E-state index contributed by atoms with van der Waals surface area (Å²) < 4.78 is 31.8. The minimum atomic E-state index is -0.309. The highest BCUT2D eigenvalue weighted by atomic mass is 32.1. The molecule has 2 aliphatic rings. The summed E-state index contributed by atoms with van der Waals surface area (Å²) >= 11 is 1.08. The van der Waals surface area contributed by atoms with E-state index in [1.165, 1.54) is 6.42 Å². The second kappa shape index (κ2) is 5.58. The van der Waals surface area contributed by atoms with Crippen LogP contribution in [0.2, 0.25) is 0 Å². The molecule has 2 fully saturated rings. The maximum Gasteiger partial charge on any atom is 0.292 e. The number of alkyl halides is 1. The van der Waals surface area contributed by atoms with Gasteiger partial charge >= 0.3 is 0 Å². The Labute approximate surface area is 115 Å². The van der Waals surface area contributed by atoms with Crippen LogP contribution in [-0.4, -0.2) is 34.3 Å². The van der Waals surface area contributed by atoms with Crippen molar-refractivity contribution in [3.05, 3.63) is 0 Å². The third-order valence-electron chi connectivity index (χ3n) is 3.78. The average molecular weight is 287 g/mol. The molecule has 19 heavy (non-hydrogen) atoms. The van der Waals surface area contributed by atoms with Gasteiger partial charge in [-0.15, -0.1) is 8.75 Å². The number of nitrogens with zero attached hydrogens (tertiary/aromatic N) is 2. The quantitative estimate of drug-likeness (QED) is 0.779. The molecule has 1 aliphatic carbocycles. The van der Waals surface area contributed by atoms with Gasteiger partial charge in [0.1, 0.15) is 0 Å². The number of fused-ring (bicyclic) bond motifs is 2. The molecule has 5 nitrogen and oxygen atoms in total. The lowest BCUT2D eigenvalue weighted by molar-refractivity contribution is 0.0477. The van der Waals surface area contributed by atoms with Gasteiger partial charge in [-0.05, 0) is 25.2 Å². The van der Waals surface area contributed by atoms with Gasteiger partial charge in [0.2, 0.25) is 0 Å². The number of hydrogen-bond donors (Lipinski definition) is 1. The minimum absolute atomic E-state index is 0.266. The van der Waals surface area contributed by atoms with Gasteiger partial charge in [0.05, 0.1) is 25.0 Å². The number of piperidine rings is 1. The molecule has 0 aromatic carbocycles. The van der Waals surface area contributed by atoms with Crippen molar-refractivity contribution in [3.63, 3.8) is 0 Å². The highest BCUT2D eigenvalue weighted by molar-refractivity contribution is 6.99. The second-order valence-corrected chi connectivity index (χ2v) is 5.73. The first kappa shape index (κ1) is 13.1. The van der Waals surface area contributed by atoms with Crippen molar-refractivity contribution < 1.29 is 13.9 Å². The summed E-state index contributed by atoms with van der Waals surface area (Å²) in [5.41, 5.74) is -0.266. The monoisotopic (exact) mass is 287 g/mol. The van der Waals surface area contributed by atoms with Gasteiger partial charge in [-0.1, -0.05) is 0 Å². The van der Waals surface area contributed by atoms with E-state index in [1.807, 2.05) is 0 Å². The molecule has 1 aromatic rings. The van der Waals surface area contributed by atoms with Crippen molar-refractivity contribution in [3.8, 4) is 11.8 Å². The Kier molecular flexibility index (Phi) is 3.83. The van der Waals surface area contributed by atoms with Crippen LogP contribution < -0.4 is 14.8 Å². The molecule has 0 amide bonds. The molecule has 1 saturated heterocycles. The van der Waals surface area contributed by atoms with Crippen LogP contribution in [-0.2, 0) is 0 Å². The number of halogens is 1. The van der Waals surface area contributed by atoms with Crippen LogP contribution in [0.4, 0.5) is 4.39 Å². The van der Waals surface area contributed by atoms with Gasteiger partial charge in [0.15, 0.2) is 5.72 Å². The maximum atomic E-state index is 12.0. The van der Waals surface area contributed by atoms with Crippen LogP contribution in [0, 0.1) is 5.92 Å². The van der Waals surface area contributed by atoms with Crippen LogP contribution in [0.3, 0.4) is 0 Å². The van der Waals surface area contributed by atoms with Gasteiger partial charge in [0.25, 0.3) is 11.8 Å². The summed E-state index contributed by atoms with van der Waals surface area (Å²) in [5.74, 6) is 1.64. The number of aromatic nitrogens is 2. The predicted molar refractivity (Wildman–Crippen MR) is 69.3 cm³/mol. The highest BCUT2D eigenvalue weighted by Gasteiger charge is 2.47. The summed E-state index contributed by atoms with van der Waals surface area (Å²) in [7, 11) is 0. The van der Waals surface area contributed by atoms with Crippen LogP contribution in [0.25, 0.3) is 0 Å². The van der Waals surface area contributed by atoms with Crippen LogP contribution in [0.5, 0.6) is 11.8 Å². The predicted octanol–water partition coefficient (Wildman–Crippen LogP) is 2.14. The fourth-order valence-electron chi connectivity index (χ4n) is 2.78. The Morgan fingerprint density at radius 3 is 2.95 bits per heavy atom. The summed E-state index contributed by atoms with van der Waals surface area (Å²) in [6.45, 7) is 1.16. The molecule has 3 rings (SSSR count). The molecule has 1 aromatic heterocycles. The summed E-state index contributed by atoms with van der Waals surface area (Å²) in [6, 6.07) is 0. The fraction of sp³-hybridized carbons (Fsp3) is 0.833. The molecule has 106 valence electrons. The Morgan fingerprint density at radius 1 is 1.37 bits per heavy atom. The highest BCUT2D eigenvalue weighted by Crippen LogP contribution is 2.42. The van der Waals surface area contributed by atoms with Gasteiger partial charge in [-0.25, -0.2) is 0 Å². The molecule has 2 bridgehead atoms. The van der Waals surface area contributed by atoms with E-state index in [-0.39, 0.29) is 12.4 Å². The SMILES string of the molecule is FCCCCOc1nsnc1OC12CCC(CN1)C2. The number of ether oxygens (including phenoxy) is 2. The molecule has 1 N–H and O–H groups in total. The number of hydrogen-bond acceptors (Lipinski definition) is 6. The first-order chi connectivity index (χ1) is 9.31. The van der Waals surface area contributed by atoms with Crippen LogP contribution in [0.1, 0.15) is 32.1 Å². The van der Waals surface area contributed by atoms with E-state index in [2.05, 4.69) is 14.1 Å². The van der Waals surface area contributed by atoms with E-state index in [4.69, 9.17) is 9.47 Å². The molecular formula is C12H18FN3O2S. The Balaban J connectivity index is 1.57. The van der Waals surface area contributed by atoms with E-state index in [1.54, 1.807) is 0 Å². The minimum Gasteiger partial charge on any atom is -0.473 e. The zero-order valence-electron chi connectivity index (χ0n) is 10.7. The van der Waals surface area contributed by atoms with E-state index in [0.29, 0.717) is 31.2 Å². The topological polar surface area (TPSA) is 56.3 Å². The molecule has 0 spiro atoms. The maximum absolute atomic E-state index is 12.0. The molecule has 0 radical (unpaired) electrons. The fourth-order valence-corrected chi connectivity index (χ4v) is 3.21. The Hall–Kier alpha value is -0.950. The zero-order chi connectivity index (χ0) is 13.1. The Morgan fingerprint density at radius 2 is 2.26 bits per heavy atom. The number of rotatable bonds is 7. The molecule has 1 aliphatic heterocycles. The van der Waals surface area contributed by atoms with Crippen molar-refractivity contribution in [2.24, 2.45) is 5.92 Å². The van der Waals surface area contributed by atoms with E-state index >= 15 is 0 Å². The third-order valence-corrected chi connectivity index (χ3v) is 4.27. The third kappa shape index (κ3) is 2.81. The summed E-state index contributed by atoms with van der Waals surface area (Å²) in [5, 5.41) is 3.42. The van der Waals surface area contributed by atoms with Crippen molar-refractivity contribution in [2.45, 2.75) is 37.8 Å². The molecule has 2 heterocycles. The normalized spacial score (nSPS) is 28.8. The van der Waals surface area contributed by atoms with Crippen LogP contribution in [0.15, 0.2) is 0 Å². The standard InChI is InChI=1S/C12H18FN3O2S/c13-5-1-2-6-17-10-11(16-19-15-10)18-12-4-3-9(7-12)8-14-12/h9,14H,1-8H2.